The summed E-state index contributed by atoms with van der Waals surface area (Å²) >= 11 is 0. The molecule has 8 rings (SSSR count). The van der Waals surface area contributed by atoms with Crippen LogP contribution in [0.25, 0.3) is 0 Å². The molecule has 6 fully saturated rings. The highest BCUT2D eigenvalue weighted by Crippen LogP contribution is 2.67. The van der Waals surface area contributed by atoms with Gasteiger partial charge in [-0.2, -0.15) is 0 Å². The Morgan fingerprint density at radius 1 is 0.704 bits per heavy atom. The normalized spacial score (nSPS) is 60.5. The SMILES string of the molecule is C/C=C1/CC2CC1C1C3C=CC(C3)C21.C=C1CC2CC1C1C3C=CC(C3)C21. The molecule has 27 heavy (non-hydrogen) atoms. The van der Waals surface area contributed by atoms with Crippen molar-refractivity contribution in [2.75, 3.05) is 0 Å². The number of fused-ring (bicyclic) bond motifs is 18. The van der Waals surface area contributed by atoms with Gasteiger partial charge in [-0.3, -0.25) is 0 Å². The lowest BCUT2D eigenvalue weighted by Gasteiger charge is -2.33. The van der Waals surface area contributed by atoms with E-state index < -0.39 is 0 Å². The van der Waals surface area contributed by atoms with Crippen LogP contribution in [0.3, 0.4) is 0 Å². The molecule has 0 amide bonds. The summed E-state index contributed by atoms with van der Waals surface area (Å²) in [6.45, 7) is 6.50. The smallest absolute Gasteiger partial charge is 0.0163 e. The van der Waals surface area contributed by atoms with Crippen molar-refractivity contribution in [2.24, 2.45) is 71.0 Å². The molecule has 0 spiro atoms. The Kier molecular flexibility index (Phi) is 3.11. The second-order valence-electron chi connectivity index (χ2n) is 11.3. The largest absolute Gasteiger partial charge is 0.0996 e. The summed E-state index contributed by atoms with van der Waals surface area (Å²) in [6, 6.07) is 0. The van der Waals surface area contributed by atoms with Crippen LogP contribution in [-0.4, -0.2) is 0 Å². The van der Waals surface area contributed by atoms with E-state index in [0.717, 1.165) is 71.0 Å². The summed E-state index contributed by atoms with van der Waals surface area (Å²) < 4.78 is 0. The molecule has 142 valence electrons. The van der Waals surface area contributed by atoms with E-state index in [0.29, 0.717) is 0 Å². The lowest BCUT2D eigenvalue weighted by Crippen LogP contribution is -2.26. The molecular formula is C27H34. The number of hydrogen-bond acceptors (Lipinski definition) is 0. The summed E-state index contributed by atoms with van der Waals surface area (Å²) in [5, 5.41) is 0. The maximum absolute atomic E-state index is 4.26. The van der Waals surface area contributed by atoms with Crippen molar-refractivity contribution in [1.29, 1.82) is 0 Å². The van der Waals surface area contributed by atoms with E-state index in [1.54, 1.807) is 11.1 Å². The third-order valence-corrected chi connectivity index (χ3v) is 10.7. The van der Waals surface area contributed by atoms with Gasteiger partial charge in [0, 0.05) is 0 Å². The fraction of sp³-hybridized carbons (Fsp3) is 0.704. The Balaban J connectivity index is 0.000000101. The summed E-state index contributed by atoms with van der Waals surface area (Å²) in [5.41, 5.74) is 3.39. The van der Waals surface area contributed by atoms with Crippen molar-refractivity contribution >= 4 is 0 Å². The van der Waals surface area contributed by atoms with Gasteiger partial charge in [-0.25, -0.2) is 0 Å². The zero-order chi connectivity index (χ0) is 17.9. The number of hydrogen-bond donors (Lipinski definition) is 0. The van der Waals surface area contributed by atoms with E-state index in [4.69, 9.17) is 0 Å². The van der Waals surface area contributed by atoms with Crippen LogP contribution in [0.5, 0.6) is 0 Å². The molecule has 8 aliphatic carbocycles. The van der Waals surface area contributed by atoms with Gasteiger partial charge in [0.25, 0.3) is 0 Å². The van der Waals surface area contributed by atoms with E-state index in [1.807, 2.05) is 0 Å². The Hall–Kier alpha value is -1.04. The Labute approximate surface area is 164 Å². The number of allylic oxidation sites excluding steroid dienone is 7. The fourth-order valence-corrected chi connectivity index (χ4v) is 10.1. The molecular weight excluding hydrogens is 324 g/mol. The lowest BCUT2D eigenvalue weighted by molar-refractivity contribution is 0.243. The lowest BCUT2D eigenvalue weighted by atomic mass is 9.71. The fourth-order valence-electron chi connectivity index (χ4n) is 10.1. The van der Waals surface area contributed by atoms with Crippen molar-refractivity contribution < 1.29 is 0 Å². The van der Waals surface area contributed by atoms with Gasteiger partial charge in [0.2, 0.25) is 0 Å². The minimum atomic E-state index is 0.926. The van der Waals surface area contributed by atoms with E-state index in [-0.39, 0.29) is 0 Å². The van der Waals surface area contributed by atoms with Crippen LogP contribution in [-0.2, 0) is 0 Å². The zero-order valence-corrected chi connectivity index (χ0v) is 16.8. The second-order valence-corrected chi connectivity index (χ2v) is 11.3. The van der Waals surface area contributed by atoms with Crippen LogP contribution in [0.2, 0.25) is 0 Å². The maximum atomic E-state index is 4.26. The molecule has 0 heterocycles. The van der Waals surface area contributed by atoms with Gasteiger partial charge < -0.3 is 0 Å². The van der Waals surface area contributed by atoms with E-state index >= 15 is 0 Å². The van der Waals surface area contributed by atoms with E-state index in [1.165, 1.54) is 38.5 Å². The van der Waals surface area contributed by atoms with E-state index in [9.17, 15) is 0 Å². The van der Waals surface area contributed by atoms with Gasteiger partial charge in [0.1, 0.15) is 0 Å². The first-order chi connectivity index (χ1) is 13.2. The third-order valence-electron chi connectivity index (χ3n) is 10.7. The predicted molar refractivity (Wildman–Crippen MR) is 111 cm³/mol. The quantitative estimate of drug-likeness (QED) is 0.346. The van der Waals surface area contributed by atoms with Crippen molar-refractivity contribution in [2.45, 2.75) is 45.4 Å². The molecule has 8 bridgehead atoms. The minimum absolute atomic E-state index is 0.926. The first-order valence-corrected chi connectivity index (χ1v) is 11.9. The van der Waals surface area contributed by atoms with E-state index in [2.05, 4.69) is 43.9 Å². The molecule has 8 aliphatic rings. The van der Waals surface area contributed by atoms with Gasteiger partial charge in [0.15, 0.2) is 0 Å². The summed E-state index contributed by atoms with van der Waals surface area (Å²) in [4.78, 5) is 0. The molecule has 0 aromatic carbocycles. The molecule has 0 saturated heterocycles. The molecule has 0 aliphatic heterocycles. The van der Waals surface area contributed by atoms with Gasteiger partial charge in [0.05, 0.1) is 0 Å². The zero-order valence-electron chi connectivity index (χ0n) is 16.8. The van der Waals surface area contributed by atoms with Crippen LogP contribution < -0.4 is 0 Å². The molecule has 0 nitrogen and oxygen atoms in total. The Bertz CT molecular complexity index is 780. The molecule has 12 atom stereocenters. The molecule has 0 aromatic heterocycles. The van der Waals surface area contributed by atoms with Crippen LogP contribution in [0.1, 0.15) is 45.4 Å². The van der Waals surface area contributed by atoms with Gasteiger partial charge in [-0.15, -0.1) is 0 Å². The van der Waals surface area contributed by atoms with Crippen LogP contribution in [0.4, 0.5) is 0 Å². The highest BCUT2D eigenvalue weighted by atomic mass is 14.6. The van der Waals surface area contributed by atoms with Crippen LogP contribution in [0, 0.1) is 71.0 Å². The maximum Gasteiger partial charge on any atom is -0.0163 e. The third kappa shape index (κ3) is 1.91. The molecule has 0 aromatic rings. The average Bonchev–Trinajstić information content (AvgIpc) is 3.51. The first kappa shape index (κ1) is 15.8. The summed E-state index contributed by atoms with van der Waals surface area (Å²) in [7, 11) is 0. The second kappa shape index (κ2) is 5.31. The predicted octanol–water partition coefficient (Wildman–Crippen LogP) is 6.43. The van der Waals surface area contributed by atoms with Crippen molar-refractivity contribution in [3.05, 3.63) is 48.1 Å². The first-order valence-electron chi connectivity index (χ1n) is 11.9. The van der Waals surface area contributed by atoms with Gasteiger partial charge in [-0.1, -0.05) is 48.1 Å². The molecule has 12 unspecified atom stereocenters. The molecule has 6 saturated carbocycles. The van der Waals surface area contributed by atoms with Gasteiger partial charge in [-0.05, 0) is 116 Å². The Morgan fingerprint density at radius 2 is 1.22 bits per heavy atom. The van der Waals surface area contributed by atoms with Crippen LogP contribution >= 0.6 is 0 Å². The van der Waals surface area contributed by atoms with Gasteiger partial charge >= 0.3 is 0 Å². The Morgan fingerprint density at radius 3 is 1.85 bits per heavy atom. The highest BCUT2D eigenvalue weighted by Gasteiger charge is 2.60. The monoisotopic (exact) mass is 358 g/mol. The standard InChI is InChI=1S/C14H18.C13H16/c1-2-8-5-11-7-12(8)14-10-4-3-9(6-10)13(11)14;1-7-4-10-6-11(7)13-9-3-2-8(5-9)12(10)13/h2-4,9-14H,5-7H2,1H3;2-3,8-13H,1,4-6H2/b8-2-;. The van der Waals surface area contributed by atoms with Crippen LogP contribution in [0.15, 0.2) is 48.1 Å². The average molecular weight is 359 g/mol. The molecule has 0 N–H and O–H groups in total. The minimum Gasteiger partial charge on any atom is -0.0996 e. The highest BCUT2D eigenvalue weighted by molar-refractivity contribution is 5.29. The summed E-state index contributed by atoms with van der Waals surface area (Å²) in [5.74, 6) is 12.2. The molecule has 0 radical (unpaired) electrons. The topological polar surface area (TPSA) is 0 Å². The summed E-state index contributed by atoms with van der Waals surface area (Å²) in [6.07, 6.45) is 21.3. The van der Waals surface area contributed by atoms with Crippen molar-refractivity contribution in [3.8, 4) is 0 Å². The van der Waals surface area contributed by atoms with Crippen molar-refractivity contribution in [1.82, 2.24) is 0 Å². The van der Waals surface area contributed by atoms with Crippen molar-refractivity contribution in [3.63, 3.8) is 0 Å². The number of rotatable bonds is 0. The molecule has 0 heteroatoms.